The highest BCUT2D eigenvalue weighted by Gasteiger charge is 2.26. The molecule has 1 aliphatic rings. The van der Waals surface area contributed by atoms with Crippen molar-refractivity contribution in [1.29, 1.82) is 0 Å². The molecule has 1 N–H and O–H groups in total. The third kappa shape index (κ3) is 4.15. The summed E-state index contributed by atoms with van der Waals surface area (Å²) in [5.41, 5.74) is 4.65. The summed E-state index contributed by atoms with van der Waals surface area (Å²) in [6.45, 7) is 2.42. The van der Waals surface area contributed by atoms with E-state index < -0.39 is 0 Å². The van der Waals surface area contributed by atoms with Crippen LogP contribution >= 0.6 is 11.3 Å². The van der Waals surface area contributed by atoms with Gasteiger partial charge in [-0.3, -0.25) is 14.6 Å². The van der Waals surface area contributed by atoms with Gasteiger partial charge in [0.2, 0.25) is 0 Å². The van der Waals surface area contributed by atoms with Crippen LogP contribution in [0.5, 0.6) is 5.75 Å². The number of amides is 2. The highest BCUT2D eigenvalue weighted by atomic mass is 32.1. The van der Waals surface area contributed by atoms with Gasteiger partial charge in [0.1, 0.15) is 15.6 Å². The zero-order chi connectivity index (χ0) is 23.7. The molecule has 7 nitrogen and oxygen atoms in total. The van der Waals surface area contributed by atoms with Gasteiger partial charge in [-0.25, -0.2) is 4.98 Å². The number of thiazole rings is 1. The number of ether oxygens (including phenoxy) is 1. The smallest absolute Gasteiger partial charge is 0.267 e. The van der Waals surface area contributed by atoms with Crippen molar-refractivity contribution in [3.05, 3.63) is 88.7 Å². The topological polar surface area (TPSA) is 84.4 Å². The molecule has 0 radical (unpaired) electrons. The van der Waals surface area contributed by atoms with Gasteiger partial charge in [-0.2, -0.15) is 0 Å². The summed E-state index contributed by atoms with van der Waals surface area (Å²) >= 11 is 1.33. The number of rotatable bonds is 5. The third-order valence-corrected chi connectivity index (χ3v) is 6.94. The Hall–Kier alpha value is -4.04. The van der Waals surface area contributed by atoms with Crippen LogP contribution in [0.1, 0.15) is 31.3 Å². The molecule has 3 heterocycles. The fourth-order valence-corrected chi connectivity index (χ4v) is 4.92. The van der Waals surface area contributed by atoms with Gasteiger partial charge in [-0.1, -0.05) is 6.07 Å². The SMILES string of the molecule is COc1ccc(C(=O)N2CCc3ccc(NC(=O)c4sc(-c5cccnc5)nc4C)cc32)cc1. The molecule has 0 unspecified atom stereocenters. The van der Waals surface area contributed by atoms with E-state index in [-0.39, 0.29) is 11.8 Å². The van der Waals surface area contributed by atoms with E-state index in [9.17, 15) is 9.59 Å². The van der Waals surface area contributed by atoms with E-state index in [0.29, 0.717) is 34.1 Å². The molecule has 4 aromatic rings. The summed E-state index contributed by atoms with van der Waals surface area (Å²) in [4.78, 5) is 37.1. The molecular weight excluding hydrogens is 448 g/mol. The minimum Gasteiger partial charge on any atom is -0.497 e. The van der Waals surface area contributed by atoms with Crippen LogP contribution in [0.4, 0.5) is 11.4 Å². The molecule has 170 valence electrons. The molecule has 0 saturated carbocycles. The molecular formula is C26H22N4O3S. The number of aromatic nitrogens is 2. The molecule has 34 heavy (non-hydrogen) atoms. The highest BCUT2D eigenvalue weighted by molar-refractivity contribution is 7.17. The summed E-state index contributed by atoms with van der Waals surface area (Å²) < 4.78 is 5.18. The van der Waals surface area contributed by atoms with Crippen LogP contribution in [-0.4, -0.2) is 35.4 Å². The normalized spacial score (nSPS) is 12.4. The van der Waals surface area contributed by atoms with Crippen LogP contribution < -0.4 is 15.0 Å². The number of benzene rings is 2. The fourth-order valence-electron chi connectivity index (χ4n) is 3.97. The number of nitrogens with zero attached hydrogens (tertiary/aromatic N) is 3. The number of pyridine rings is 1. The van der Waals surface area contributed by atoms with Crippen LogP contribution in [0.15, 0.2) is 67.0 Å². The number of nitrogens with one attached hydrogen (secondary N) is 1. The second-order valence-electron chi connectivity index (χ2n) is 7.91. The van der Waals surface area contributed by atoms with Crippen molar-refractivity contribution < 1.29 is 14.3 Å². The lowest BCUT2D eigenvalue weighted by atomic mass is 10.1. The average Bonchev–Trinajstić information content (AvgIpc) is 3.47. The van der Waals surface area contributed by atoms with Gasteiger partial charge in [0, 0.05) is 41.4 Å². The van der Waals surface area contributed by atoms with E-state index in [0.717, 1.165) is 28.2 Å². The molecule has 5 rings (SSSR count). The maximum atomic E-state index is 13.1. The first-order valence-corrected chi connectivity index (χ1v) is 11.6. The summed E-state index contributed by atoms with van der Waals surface area (Å²) in [6, 6.07) is 16.5. The predicted molar refractivity (Wildman–Crippen MR) is 133 cm³/mol. The van der Waals surface area contributed by atoms with Crippen LogP contribution in [0.2, 0.25) is 0 Å². The molecule has 2 amide bonds. The van der Waals surface area contributed by atoms with Crippen LogP contribution in [0, 0.1) is 6.92 Å². The summed E-state index contributed by atoms with van der Waals surface area (Å²) in [5, 5.41) is 3.72. The first-order valence-electron chi connectivity index (χ1n) is 10.8. The lowest BCUT2D eigenvalue weighted by molar-refractivity contribution is 0.0988. The average molecular weight is 471 g/mol. The second-order valence-corrected chi connectivity index (χ2v) is 8.91. The summed E-state index contributed by atoms with van der Waals surface area (Å²) in [6.07, 6.45) is 4.21. The van der Waals surface area contributed by atoms with E-state index in [4.69, 9.17) is 4.74 Å². The number of aryl methyl sites for hydroxylation is 1. The summed E-state index contributed by atoms with van der Waals surface area (Å²) in [7, 11) is 1.59. The quantitative estimate of drug-likeness (QED) is 0.445. The number of carbonyl (C=O) groups is 2. The lowest BCUT2D eigenvalue weighted by Crippen LogP contribution is -2.28. The molecule has 0 spiro atoms. The van der Waals surface area contributed by atoms with E-state index in [1.54, 1.807) is 48.7 Å². The minimum absolute atomic E-state index is 0.0794. The Morgan fingerprint density at radius 3 is 2.68 bits per heavy atom. The summed E-state index contributed by atoms with van der Waals surface area (Å²) in [5.74, 6) is 0.397. The number of anilines is 2. The van der Waals surface area contributed by atoms with E-state index in [1.165, 1.54) is 11.3 Å². The largest absolute Gasteiger partial charge is 0.497 e. The van der Waals surface area contributed by atoms with Crippen LogP contribution in [0.3, 0.4) is 0 Å². The van der Waals surface area contributed by atoms with E-state index >= 15 is 0 Å². The minimum atomic E-state index is -0.226. The number of fused-ring (bicyclic) bond motifs is 1. The standard InChI is InChI=1S/C26H22N4O3S/c1-16-23(34-25(28-16)19-4-3-12-27-15-19)24(31)29-20-8-5-17-11-13-30(22(17)14-20)26(32)18-6-9-21(33-2)10-7-18/h3-10,12,14-15H,11,13H2,1-2H3,(H,29,31). The Morgan fingerprint density at radius 2 is 1.94 bits per heavy atom. The van der Waals surface area contributed by atoms with Crippen molar-refractivity contribution in [1.82, 2.24) is 9.97 Å². The van der Waals surface area contributed by atoms with Crippen molar-refractivity contribution >= 4 is 34.5 Å². The Balaban J connectivity index is 1.36. The number of hydrogen-bond acceptors (Lipinski definition) is 6. The Morgan fingerprint density at radius 1 is 1.12 bits per heavy atom. The Kier molecular flexibility index (Phi) is 5.81. The zero-order valence-corrected chi connectivity index (χ0v) is 19.6. The molecule has 8 heteroatoms. The number of methoxy groups -OCH3 is 1. The van der Waals surface area contributed by atoms with E-state index in [2.05, 4.69) is 15.3 Å². The molecule has 2 aromatic heterocycles. The van der Waals surface area contributed by atoms with Gasteiger partial charge in [-0.05, 0) is 67.4 Å². The zero-order valence-electron chi connectivity index (χ0n) is 18.7. The molecule has 2 aromatic carbocycles. The van der Waals surface area contributed by atoms with Crippen molar-refractivity contribution in [2.45, 2.75) is 13.3 Å². The van der Waals surface area contributed by atoms with Crippen LogP contribution in [0.25, 0.3) is 10.6 Å². The Labute approximate surface area is 201 Å². The van der Waals surface area contributed by atoms with Crippen molar-refractivity contribution in [2.24, 2.45) is 0 Å². The van der Waals surface area contributed by atoms with Gasteiger partial charge in [0.25, 0.3) is 11.8 Å². The van der Waals surface area contributed by atoms with Gasteiger partial charge in [0.05, 0.1) is 12.8 Å². The third-order valence-electron chi connectivity index (χ3n) is 5.73. The Bertz CT molecular complexity index is 1370. The van der Waals surface area contributed by atoms with Gasteiger partial charge >= 0.3 is 0 Å². The van der Waals surface area contributed by atoms with Crippen molar-refractivity contribution in [3.8, 4) is 16.3 Å². The molecule has 0 aliphatic carbocycles. The second kappa shape index (κ2) is 9.07. The van der Waals surface area contributed by atoms with Crippen LogP contribution in [-0.2, 0) is 6.42 Å². The predicted octanol–water partition coefficient (Wildman–Crippen LogP) is 4.98. The highest BCUT2D eigenvalue weighted by Crippen LogP contribution is 2.33. The van der Waals surface area contributed by atoms with E-state index in [1.807, 2.05) is 37.3 Å². The number of hydrogen-bond donors (Lipinski definition) is 1. The lowest BCUT2D eigenvalue weighted by Gasteiger charge is -2.18. The molecule has 0 atom stereocenters. The maximum absolute atomic E-state index is 13.1. The fraction of sp³-hybridized carbons (Fsp3) is 0.154. The monoisotopic (exact) mass is 470 g/mol. The van der Waals surface area contributed by atoms with Crippen molar-refractivity contribution in [3.63, 3.8) is 0 Å². The van der Waals surface area contributed by atoms with Gasteiger partial charge in [-0.15, -0.1) is 11.3 Å². The molecule has 0 bridgehead atoms. The first-order chi connectivity index (χ1) is 16.5. The molecule has 0 saturated heterocycles. The van der Waals surface area contributed by atoms with Gasteiger partial charge in [0.15, 0.2) is 0 Å². The maximum Gasteiger partial charge on any atom is 0.267 e. The van der Waals surface area contributed by atoms with Gasteiger partial charge < -0.3 is 15.0 Å². The molecule has 0 fully saturated rings. The number of carbonyl (C=O) groups excluding carboxylic acids is 2. The first kappa shape index (κ1) is 21.8. The molecule has 1 aliphatic heterocycles. The van der Waals surface area contributed by atoms with Crippen molar-refractivity contribution in [2.75, 3.05) is 23.9 Å².